The van der Waals surface area contributed by atoms with E-state index in [4.69, 9.17) is 9.79 Å². The van der Waals surface area contributed by atoms with Gasteiger partial charge in [-0.15, -0.1) is 0 Å². The lowest BCUT2D eigenvalue weighted by atomic mass is 9.69. The number of fused-ring (bicyclic) bond motifs is 2. The Morgan fingerprint density at radius 2 is 2.00 bits per heavy atom. The van der Waals surface area contributed by atoms with Gasteiger partial charge in [-0.25, -0.2) is 0 Å². The summed E-state index contributed by atoms with van der Waals surface area (Å²) < 4.78 is 11.0. The Balaban J connectivity index is 2.16. The second-order valence-electron chi connectivity index (χ2n) is 5.55. The Morgan fingerprint density at radius 1 is 1.36 bits per heavy atom. The van der Waals surface area contributed by atoms with Crippen molar-refractivity contribution in [1.29, 1.82) is 0 Å². The van der Waals surface area contributed by atoms with E-state index >= 15 is 0 Å². The minimum absolute atomic E-state index is 0.0984. The monoisotopic (exact) mass is 218 g/mol. The lowest BCUT2D eigenvalue weighted by molar-refractivity contribution is 0.134. The smallest absolute Gasteiger partial charge is 0.324 e. The number of hydrogen-bond acceptors (Lipinski definition) is 1. The SMILES string of the molecule is CC1(C)[C@@H]2CC[C@@H](C2)[C@@H]1CP(=O)(O)O. The largest absolute Gasteiger partial charge is 0.325 e. The molecule has 2 saturated carbocycles. The fourth-order valence-electron chi connectivity index (χ4n) is 3.61. The second kappa shape index (κ2) is 3.07. The van der Waals surface area contributed by atoms with Crippen LogP contribution in [0.25, 0.3) is 0 Å². The molecule has 2 aliphatic carbocycles. The Hall–Kier alpha value is 0.150. The van der Waals surface area contributed by atoms with Crippen molar-refractivity contribution in [2.24, 2.45) is 23.2 Å². The normalized spacial score (nSPS) is 40.4. The van der Waals surface area contributed by atoms with Crippen molar-refractivity contribution in [3.8, 4) is 0 Å². The average Bonchev–Trinajstić information content (AvgIpc) is 2.51. The summed E-state index contributed by atoms with van der Waals surface area (Å²) in [7, 11) is -3.82. The van der Waals surface area contributed by atoms with E-state index in [0.29, 0.717) is 11.8 Å². The summed E-state index contributed by atoms with van der Waals surface area (Å²) in [6.45, 7) is 4.36. The van der Waals surface area contributed by atoms with E-state index in [1.807, 2.05) is 0 Å². The summed E-state index contributed by atoms with van der Waals surface area (Å²) in [5.74, 6) is 1.51. The Bertz CT molecular complexity index is 281. The highest BCUT2D eigenvalue weighted by molar-refractivity contribution is 7.51. The van der Waals surface area contributed by atoms with Gasteiger partial charge in [0.1, 0.15) is 0 Å². The van der Waals surface area contributed by atoms with E-state index in [-0.39, 0.29) is 17.5 Å². The van der Waals surface area contributed by atoms with Crippen LogP contribution in [-0.4, -0.2) is 15.9 Å². The molecule has 0 amide bonds. The topological polar surface area (TPSA) is 57.5 Å². The molecule has 2 rings (SSSR count). The molecule has 2 aliphatic rings. The predicted octanol–water partition coefficient (Wildman–Crippen LogP) is 2.24. The zero-order valence-corrected chi connectivity index (χ0v) is 9.70. The molecular weight excluding hydrogens is 199 g/mol. The van der Waals surface area contributed by atoms with Crippen LogP contribution in [0.5, 0.6) is 0 Å². The Kier molecular flexibility index (Phi) is 2.34. The zero-order chi connectivity index (χ0) is 10.6. The van der Waals surface area contributed by atoms with Gasteiger partial charge in [-0.2, -0.15) is 0 Å². The van der Waals surface area contributed by atoms with Gasteiger partial charge in [0.25, 0.3) is 0 Å². The highest BCUT2D eigenvalue weighted by Gasteiger charge is 2.53. The summed E-state index contributed by atoms with van der Waals surface area (Å²) in [5.41, 5.74) is 0.143. The minimum atomic E-state index is -3.82. The second-order valence-corrected chi connectivity index (χ2v) is 7.24. The van der Waals surface area contributed by atoms with Crippen LogP contribution in [0.2, 0.25) is 0 Å². The lowest BCUT2D eigenvalue weighted by Gasteiger charge is -2.38. The van der Waals surface area contributed by atoms with Crippen LogP contribution < -0.4 is 0 Å². The van der Waals surface area contributed by atoms with Gasteiger partial charge in [0.15, 0.2) is 0 Å². The van der Waals surface area contributed by atoms with Crippen molar-refractivity contribution in [2.45, 2.75) is 33.1 Å². The Morgan fingerprint density at radius 3 is 2.43 bits per heavy atom. The third-order valence-electron chi connectivity index (χ3n) is 4.48. The first-order valence-electron chi connectivity index (χ1n) is 5.35. The predicted molar refractivity (Wildman–Crippen MR) is 55.0 cm³/mol. The number of hydrogen-bond donors (Lipinski definition) is 2. The van der Waals surface area contributed by atoms with Gasteiger partial charge in [0.05, 0.1) is 6.16 Å². The molecule has 0 aromatic rings. The van der Waals surface area contributed by atoms with E-state index in [0.717, 1.165) is 0 Å². The molecule has 3 atom stereocenters. The molecule has 0 aliphatic heterocycles. The maximum absolute atomic E-state index is 11.0. The van der Waals surface area contributed by atoms with Crippen molar-refractivity contribution < 1.29 is 14.4 Å². The molecule has 0 heterocycles. The van der Waals surface area contributed by atoms with E-state index in [1.165, 1.54) is 19.3 Å². The van der Waals surface area contributed by atoms with Crippen LogP contribution in [-0.2, 0) is 4.57 Å². The molecular formula is C10H19O3P. The van der Waals surface area contributed by atoms with Crippen LogP contribution in [0.3, 0.4) is 0 Å². The van der Waals surface area contributed by atoms with Gasteiger partial charge >= 0.3 is 7.60 Å². The quantitative estimate of drug-likeness (QED) is 0.699. The van der Waals surface area contributed by atoms with Crippen LogP contribution in [0.4, 0.5) is 0 Å². The van der Waals surface area contributed by atoms with Gasteiger partial charge in [-0.05, 0) is 42.4 Å². The molecule has 0 unspecified atom stereocenters. The summed E-state index contributed by atoms with van der Waals surface area (Å²) in [6, 6.07) is 0. The maximum Gasteiger partial charge on any atom is 0.325 e. The molecule has 2 fully saturated rings. The van der Waals surface area contributed by atoms with Gasteiger partial charge in [0.2, 0.25) is 0 Å². The van der Waals surface area contributed by atoms with Crippen LogP contribution in [0.15, 0.2) is 0 Å². The third-order valence-corrected chi connectivity index (χ3v) is 5.35. The first-order chi connectivity index (χ1) is 6.31. The molecule has 0 saturated heterocycles. The summed E-state index contributed by atoms with van der Waals surface area (Å²) in [4.78, 5) is 18.1. The van der Waals surface area contributed by atoms with E-state index < -0.39 is 7.60 Å². The fraction of sp³-hybridized carbons (Fsp3) is 1.00. The molecule has 82 valence electrons. The first kappa shape index (κ1) is 10.7. The zero-order valence-electron chi connectivity index (χ0n) is 8.81. The lowest BCUT2D eigenvalue weighted by Crippen LogP contribution is -2.33. The fourth-order valence-corrected chi connectivity index (χ4v) is 4.89. The summed E-state index contributed by atoms with van der Waals surface area (Å²) >= 11 is 0. The highest BCUT2D eigenvalue weighted by atomic mass is 31.2. The minimum Gasteiger partial charge on any atom is -0.324 e. The molecule has 14 heavy (non-hydrogen) atoms. The highest BCUT2D eigenvalue weighted by Crippen LogP contribution is 2.62. The molecule has 0 aromatic carbocycles. The van der Waals surface area contributed by atoms with Gasteiger partial charge in [0, 0.05) is 0 Å². The van der Waals surface area contributed by atoms with Crippen molar-refractivity contribution in [3.05, 3.63) is 0 Å². The van der Waals surface area contributed by atoms with Crippen LogP contribution in [0, 0.1) is 23.2 Å². The Labute approximate surface area is 85.1 Å². The molecule has 0 aromatic heterocycles. The molecule has 0 radical (unpaired) electrons. The molecule has 3 nitrogen and oxygen atoms in total. The van der Waals surface area contributed by atoms with Crippen LogP contribution in [0.1, 0.15) is 33.1 Å². The summed E-state index contributed by atoms with van der Waals surface area (Å²) in [6.07, 6.45) is 3.73. The van der Waals surface area contributed by atoms with E-state index in [9.17, 15) is 4.57 Å². The molecule has 0 spiro atoms. The van der Waals surface area contributed by atoms with Crippen molar-refractivity contribution in [1.82, 2.24) is 0 Å². The van der Waals surface area contributed by atoms with Crippen molar-refractivity contribution >= 4 is 7.60 Å². The first-order valence-corrected chi connectivity index (χ1v) is 7.15. The third kappa shape index (κ3) is 1.66. The van der Waals surface area contributed by atoms with E-state index in [1.54, 1.807) is 0 Å². The number of rotatable bonds is 2. The average molecular weight is 218 g/mol. The van der Waals surface area contributed by atoms with E-state index in [2.05, 4.69) is 13.8 Å². The van der Waals surface area contributed by atoms with Crippen molar-refractivity contribution in [3.63, 3.8) is 0 Å². The molecule has 2 N–H and O–H groups in total. The van der Waals surface area contributed by atoms with Crippen molar-refractivity contribution in [2.75, 3.05) is 6.16 Å². The molecule has 2 bridgehead atoms. The maximum atomic E-state index is 11.0. The van der Waals surface area contributed by atoms with Gasteiger partial charge in [-0.3, -0.25) is 4.57 Å². The van der Waals surface area contributed by atoms with Crippen LogP contribution >= 0.6 is 7.60 Å². The standard InChI is InChI=1S/C10H19O3P/c1-10(2)8-4-3-7(5-8)9(10)6-14(11,12)13/h7-9H,3-6H2,1-2H3,(H2,11,12,13)/t7-,8+,9-/m0/s1. The summed E-state index contributed by atoms with van der Waals surface area (Å²) in [5, 5.41) is 0. The van der Waals surface area contributed by atoms with Gasteiger partial charge < -0.3 is 9.79 Å². The molecule has 4 heteroatoms. The van der Waals surface area contributed by atoms with Gasteiger partial charge in [-0.1, -0.05) is 13.8 Å².